The fourth-order valence-electron chi connectivity index (χ4n) is 5.90. The van der Waals surface area contributed by atoms with E-state index in [0.717, 1.165) is 48.2 Å². The second kappa shape index (κ2) is 16.5. The van der Waals surface area contributed by atoms with Gasteiger partial charge in [0.2, 0.25) is 5.91 Å². The number of likely N-dealkylation sites (tertiary alicyclic amines) is 1. The zero-order chi connectivity index (χ0) is 36.8. The van der Waals surface area contributed by atoms with Crippen molar-refractivity contribution in [1.29, 1.82) is 0 Å². The molecular weight excluding hydrogens is 670 g/mol. The summed E-state index contributed by atoms with van der Waals surface area (Å²) >= 11 is 0. The van der Waals surface area contributed by atoms with Gasteiger partial charge in [0, 0.05) is 36.2 Å². The maximum Gasteiger partial charge on any atom is 0.408 e. The number of alkyl carbamates (subject to hydrolysis) is 1. The lowest BCUT2D eigenvalue weighted by Gasteiger charge is -2.31. The molecule has 1 fully saturated rings. The molecule has 1 atom stereocenters. The summed E-state index contributed by atoms with van der Waals surface area (Å²) in [5, 5.41) is 6.52. The number of fused-ring (bicyclic) bond motifs is 1. The number of ether oxygens (including phenoxy) is 3. The zero-order valence-corrected chi connectivity index (χ0v) is 31.6. The topological polar surface area (TPSA) is 107 Å². The number of carbonyl (C=O) groups excluding carboxylic acids is 2. The summed E-state index contributed by atoms with van der Waals surface area (Å²) in [6.45, 7) is 7.97. The Hall–Kier alpha value is -4.13. The molecule has 276 valence electrons. The van der Waals surface area contributed by atoms with Gasteiger partial charge in [0.15, 0.2) is 11.6 Å². The van der Waals surface area contributed by atoms with Gasteiger partial charge in [0.25, 0.3) is 0 Å². The Morgan fingerprint density at radius 3 is 2.43 bits per heavy atom. The van der Waals surface area contributed by atoms with Crippen molar-refractivity contribution < 1.29 is 28.2 Å². The van der Waals surface area contributed by atoms with E-state index in [4.69, 9.17) is 14.2 Å². The van der Waals surface area contributed by atoms with Gasteiger partial charge in [-0.05, 0) is 102 Å². The van der Waals surface area contributed by atoms with E-state index in [1.165, 1.54) is 6.07 Å². The normalized spacial score (nSPS) is 15.4. The monoisotopic (exact) mass is 721 g/mol. The number of nitrogens with one attached hydrogen (secondary N) is 2. The Morgan fingerprint density at radius 2 is 1.76 bits per heavy atom. The van der Waals surface area contributed by atoms with Crippen molar-refractivity contribution in [1.82, 2.24) is 25.1 Å². The Labute approximate surface area is 302 Å². The van der Waals surface area contributed by atoms with Gasteiger partial charge >= 0.3 is 6.09 Å². The summed E-state index contributed by atoms with van der Waals surface area (Å²) in [5.74, 6) is 0.533. The summed E-state index contributed by atoms with van der Waals surface area (Å²) < 4.78 is 35.6. The number of amides is 2. The number of hydrogen-bond acceptors (Lipinski definition) is 7. The first-order valence-corrected chi connectivity index (χ1v) is 20.4. The van der Waals surface area contributed by atoms with Crippen LogP contribution in [0.1, 0.15) is 39.2 Å². The van der Waals surface area contributed by atoms with Crippen LogP contribution in [0.4, 0.5) is 9.18 Å². The van der Waals surface area contributed by atoms with Gasteiger partial charge in [-0.2, -0.15) is 0 Å². The number of pyridine rings is 1. The van der Waals surface area contributed by atoms with Crippen LogP contribution in [0.25, 0.3) is 22.2 Å². The predicted molar refractivity (Wildman–Crippen MR) is 203 cm³/mol. The minimum Gasteiger partial charge on any atom is -0.453 e. The Kier molecular flexibility index (Phi) is 12.3. The molecule has 0 unspecified atom stereocenters. The Morgan fingerprint density at radius 1 is 1.04 bits per heavy atom. The van der Waals surface area contributed by atoms with Crippen molar-refractivity contribution in [2.75, 3.05) is 51.3 Å². The van der Waals surface area contributed by atoms with Crippen molar-refractivity contribution in [2.45, 2.75) is 64.4 Å². The molecule has 2 N–H and O–H groups in total. The summed E-state index contributed by atoms with van der Waals surface area (Å²) in [5.41, 5.74) is 2.30. The third-order valence-electron chi connectivity index (χ3n) is 8.60. The number of benzene rings is 2. The molecule has 0 saturated carbocycles. The van der Waals surface area contributed by atoms with Crippen molar-refractivity contribution >= 4 is 33.1 Å². The highest BCUT2D eigenvalue weighted by Crippen LogP contribution is 2.39. The first kappa shape index (κ1) is 38.1. The fraction of sp³-hybridized carbons (Fsp3) is 0.462. The van der Waals surface area contributed by atoms with Crippen LogP contribution >= 0.6 is 10.0 Å². The molecule has 0 radical (unpaired) electrons. The van der Waals surface area contributed by atoms with Crippen molar-refractivity contribution in [2.24, 2.45) is 0 Å². The van der Waals surface area contributed by atoms with E-state index >= 15 is 4.39 Å². The molecule has 0 aliphatic carbocycles. The SMILES string of the molecule is CN1CCC(NC(=O)[C@H](Cc2ccc(Oc3ccnc4c3c(-c3ccccc3)cn4COCCS(C)(C)C)c(F)c2)NC(=O)OC(C)(C)C)CC1. The minimum atomic E-state index is -0.967. The summed E-state index contributed by atoms with van der Waals surface area (Å²) in [4.78, 5) is 33.1. The first-order valence-electron chi connectivity index (χ1n) is 17.4. The maximum atomic E-state index is 15.8. The van der Waals surface area contributed by atoms with Gasteiger partial charge in [0.05, 0.1) is 12.0 Å². The van der Waals surface area contributed by atoms with Gasteiger partial charge in [0.1, 0.15) is 29.8 Å². The molecule has 51 heavy (non-hydrogen) atoms. The quantitative estimate of drug-likeness (QED) is 0.144. The molecule has 0 spiro atoms. The molecule has 4 aromatic rings. The van der Waals surface area contributed by atoms with E-state index in [2.05, 4.69) is 39.3 Å². The molecule has 5 rings (SSSR count). The number of piperidine rings is 1. The van der Waals surface area contributed by atoms with Crippen LogP contribution in [0.15, 0.2) is 67.0 Å². The molecule has 1 aliphatic heterocycles. The summed E-state index contributed by atoms with van der Waals surface area (Å²) in [6.07, 6.45) is 11.4. The van der Waals surface area contributed by atoms with E-state index in [1.807, 2.05) is 48.1 Å². The first-order chi connectivity index (χ1) is 24.1. The molecule has 0 bridgehead atoms. The zero-order valence-electron chi connectivity index (χ0n) is 30.8. The molecule has 2 aromatic heterocycles. The van der Waals surface area contributed by atoms with E-state index in [1.54, 1.807) is 45.2 Å². The standard InChI is InChI=1S/C39H52FN5O5S/c1-39(2,3)50-38(47)43-32(37(46)42-29-16-19-44(4)20-17-29)24-27-13-14-33(31(40)23-27)49-34-15-18-41-36-35(34)30(28-11-9-8-10-12-28)25-45(36)26-48-21-22-51(5,6)7/h8-15,18,23,25,29,32H,16-17,19-22,24,26H2,1-7H3,(H,42,46)(H,43,47)/t32-/m0/s1. The lowest BCUT2D eigenvalue weighted by atomic mass is 10.0. The highest BCUT2D eigenvalue weighted by atomic mass is 32.3. The molecule has 2 amide bonds. The highest BCUT2D eigenvalue weighted by Gasteiger charge is 2.28. The molecule has 2 aromatic carbocycles. The van der Waals surface area contributed by atoms with Gasteiger partial charge in [-0.15, -0.1) is 0 Å². The van der Waals surface area contributed by atoms with Crippen LogP contribution in [-0.4, -0.2) is 95.4 Å². The number of nitrogens with zero attached hydrogens (tertiary/aromatic N) is 3. The number of aromatic nitrogens is 2. The average Bonchev–Trinajstić information content (AvgIpc) is 3.43. The van der Waals surface area contributed by atoms with Crippen LogP contribution in [-0.2, 0) is 27.4 Å². The molecule has 1 aliphatic rings. The highest BCUT2D eigenvalue weighted by molar-refractivity contribution is 8.32. The average molecular weight is 722 g/mol. The lowest BCUT2D eigenvalue weighted by molar-refractivity contribution is -0.124. The molecule has 1 saturated heterocycles. The van der Waals surface area contributed by atoms with Crippen LogP contribution in [0, 0.1) is 5.82 Å². The predicted octanol–water partition coefficient (Wildman–Crippen LogP) is 6.95. The second-order valence-electron chi connectivity index (χ2n) is 15.1. The Bertz CT molecular complexity index is 1800. The van der Waals surface area contributed by atoms with Gasteiger partial charge in [-0.1, -0.05) is 36.4 Å². The molecular formula is C39H52FN5O5S. The molecule has 12 heteroatoms. The van der Waals surface area contributed by atoms with Crippen LogP contribution < -0.4 is 15.4 Å². The number of rotatable bonds is 13. The van der Waals surface area contributed by atoms with E-state index < -0.39 is 33.6 Å². The van der Waals surface area contributed by atoms with Crippen molar-refractivity contribution in [3.05, 3.63) is 78.4 Å². The van der Waals surface area contributed by atoms with E-state index in [9.17, 15) is 9.59 Å². The van der Waals surface area contributed by atoms with Gasteiger partial charge in [-0.25, -0.2) is 24.2 Å². The fourth-order valence-corrected chi connectivity index (χ4v) is 6.52. The van der Waals surface area contributed by atoms with E-state index in [-0.39, 0.29) is 24.1 Å². The van der Waals surface area contributed by atoms with Crippen molar-refractivity contribution in [3.63, 3.8) is 0 Å². The largest absolute Gasteiger partial charge is 0.453 e. The van der Waals surface area contributed by atoms with E-state index in [0.29, 0.717) is 30.3 Å². The summed E-state index contributed by atoms with van der Waals surface area (Å²) in [6, 6.07) is 15.3. The van der Waals surface area contributed by atoms with Crippen LogP contribution in [0.5, 0.6) is 11.5 Å². The molecule has 3 heterocycles. The number of hydrogen-bond donors (Lipinski definition) is 2. The van der Waals surface area contributed by atoms with Gasteiger partial charge < -0.3 is 34.3 Å². The number of carbonyl (C=O) groups is 2. The Balaban J connectivity index is 1.38. The van der Waals surface area contributed by atoms with Crippen LogP contribution in [0.2, 0.25) is 0 Å². The molecule has 10 nitrogen and oxygen atoms in total. The third kappa shape index (κ3) is 10.9. The van der Waals surface area contributed by atoms with Gasteiger partial charge in [-0.3, -0.25) is 4.79 Å². The number of halogens is 1. The third-order valence-corrected chi connectivity index (χ3v) is 9.99. The maximum absolute atomic E-state index is 15.8. The lowest BCUT2D eigenvalue weighted by Crippen LogP contribution is -2.53. The van der Waals surface area contributed by atoms with Crippen LogP contribution in [0.3, 0.4) is 0 Å². The second-order valence-corrected chi connectivity index (χ2v) is 19.7. The summed E-state index contributed by atoms with van der Waals surface area (Å²) in [7, 11) is 1.36. The smallest absolute Gasteiger partial charge is 0.408 e. The minimum absolute atomic E-state index is 0.00645. The van der Waals surface area contributed by atoms with Crippen molar-refractivity contribution in [3.8, 4) is 22.6 Å².